The Morgan fingerprint density at radius 2 is 1.74 bits per heavy atom. The zero-order chi connectivity index (χ0) is 32.0. The van der Waals surface area contributed by atoms with E-state index < -0.39 is 69.6 Å². The lowest BCUT2D eigenvalue weighted by atomic mass is 9.57. The molecule has 13 nitrogen and oxygen atoms in total. The van der Waals surface area contributed by atoms with E-state index >= 15 is 4.39 Å². The number of aliphatic hydroxyl groups excluding tert-OH is 2. The van der Waals surface area contributed by atoms with Gasteiger partial charge in [0.05, 0.1) is 17.3 Å². The van der Waals surface area contributed by atoms with Gasteiger partial charge in [0, 0.05) is 35.7 Å². The van der Waals surface area contributed by atoms with Gasteiger partial charge in [-0.3, -0.25) is 19.3 Å². The highest BCUT2D eigenvalue weighted by Gasteiger charge is 2.64. The summed E-state index contributed by atoms with van der Waals surface area (Å²) in [5.74, 6) is -8.45. The van der Waals surface area contributed by atoms with E-state index in [9.17, 15) is 34.8 Å². The zero-order valence-corrected chi connectivity index (χ0v) is 23.9. The molecule has 1 saturated carbocycles. The number of carbonyl (C=O) groups excluding carboxylic acids is 5. The maximum atomic E-state index is 16.0. The van der Waals surface area contributed by atoms with E-state index in [4.69, 9.17) is 21.1 Å². The van der Waals surface area contributed by atoms with Crippen molar-refractivity contribution < 1.29 is 48.8 Å². The third-order valence-electron chi connectivity index (χ3n) is 8.07. The van der Waals surface area contributed by atoms with Crippen LogP contribution in [0.3, 0.4) is 0 Å². The van der Waals surface area contributed by atoms with Gasteiger partial charge in [-0.25, -0.2) is 4.39 Å². The summed E-state index contributed by atoms with van der Waals surface area (Å²) in [4.78, 5) is 58.5. The van der Waals surface area contributed by atoms with Gasteiger partial charge in [-0.05, 0) is 45.8 Å². The fourth-order valence-corrected chi connectivity index (χ4v) is 6.52. The number of primary amides is 1. The lowest BCUT2D eigenvalue weighted by molar-refractivity contribution is -0.191. The fourth-order valence-electron chi connectivity index (χ4n) is 6.52. The molecule has 1 aromatic carbocycles. The Hall–Kier alpha value is -4.10. The van der Waals surface area contributed by atoms with Crippen molar-refractivity contribution in [3.8, 4) is 5.75 Å². The Labute approximate surface area is 240 Å². The van der Waals surface area contributed by atoms with Crippen LogP contribution in [0, 0.1) is 23.6 Å². The molecule has 4 rings (SSSR count). The van der Waals surface area contributed by atoms with Crippen molar-refractivity contribution in [2.45, 2.75) is 44.9 Å². The number of halogens is 1. The molecular formula is C28H35FN4O9. The van der Waals surface area contributed by atoms with Crippen molar-refractivity contribution in [2.75, 3.05) is 33.4 Å². The molecule has 14 heteroatoms. The highest BCUT2D eigenvalue weighted by molar-refractivity contribution is 6.24. The number of hydrogen-bond acceptors (Lipinski definition) is 12. The minimum Gasteiger partial charge on any atom is -0.508 e. The fraction of sp³-hybridized carbons (Fsp3) is 0.500. The summed E-state index contributed by atoms with van der Waals surface area (Å²) in [7, 11) is 4.80. The van der Waals surface area contributed by atoms with Crippen LogP contribution < -0.4 is 11.5 Å². The topological polar surface area (TPSA) is 225 Å². The number of aromatic hydroxyl groups is 1. The number of rotatable bonds is 6. The van der Waals surface area contributed by atoms with Crippen molar-refractivity contribution in [3.63, 3.8) is 0 Å². The molecule has 1 fully saturated rings. The lowest BCUT2D eigenvalue weighted by Crippen LogP contribution is -2.65. The molecule has 4 atom stereocenters. The van der Waals surface area contributed by atoms with Crippen LogP contribution in [0.2, 0.25) is 0 Å². The highest BCUT2D eigenvalue weighted by Crippen LogP contribution is 2.54. The lowest BCUT2D eigenvalue weighted by Gasteiger charge is -2.50. The van der Waals surface area contributed by atoms with E-state index in [1.807, 2.05) is 18.7 Å². The predicted octanol–water partition coefficient (Wildman–Crippen LogP) is 0.190. The van der Waals surface area contributed by atoms with Gasteiger partial charge >= 0.3 is 6.15 Å². The van der Waals surface area contributed by atoms with Crippen LogP contribution in [-0.2, 0) is 36.9 Å². The standard InChI is InChI=1S/C27H35FN4O7.CO2/c1-10(2)8-32(5)9-13-18(28)12-6-11-7-14-20(31(3)4)23(35)17(26(30)38)25(37)27(14,39)24(36)15(11)21(33)16(12)22(34)19(13)29;2-1-3/h10-11,14,20,33-34,37,39H,6-9,29H2,1-5H3,(H2,30,38);/t11-,14-,20-,27-;/m0./s1. The molecule has 0 spiro atoms. The van der Waals surface area contributed by atoms with Crippen LogP contribution in [0.1, 0.15) is 37.0 Å². The Kier molecular flexibility index (Phi) is 8.99. The minimum atomic E-state index is -2.76. The van der Waals surface area contributed by atoms with Crippen LogP contribution in [0.15, 0.2) is 16.9 Å². The van der Waals surface area contributed by atoms with Crippen LogP contribution in [0.5, 0.6) is 5.75 Å². The number of nitrogen functional groups attached to an aromatic ring is 1. The molecule has 0 bridgehead atoms. The number of aliphatic hydroxyl groups is 3. The quantitative estimate of drug-likeness (QED) is 0.148. The van der Waals surface area contributed by atoms with Gasteiger partial charge < -0.3 is 36.8 Å². The van der Waals surface area contributed by atoms with Crippen LogP contribution in [0.4, 0.5) is 10.1 Å². The minimum absolute atomic E-state index is 0.0414. The average molecular weight is 591 g/mol. The van der Waals surface area contributed by atoms with Gasteiger partial charge in [0.25, 0.3) is 5.91 Å². The molecule has 1 aromatic rings. The van der Waals surface area contributed by atoms with E-state index in [-0.39, 0.29) is 59.4 Å². The molecule has 1 amide bonds. The van der Waals surface area contributed by atoms with Gasteiger partial charge in [0.15, 0.2) is 11.4 Å². The molecule has 42 heavy (non-hydrogen) atoms. The summed E-state index contributed by atoms with van der Waals surface area (Å²) in [6.07, 6.45) is -0.0198. The summed E-state index contributed by atoms with van der Waals surface area (Å²) < 4.78 is 16.0. The predicted molar refractivity (Wildman–Crippen MR) is 145 cm³/mol. The van der Waals surface area contributed by atoms with E-state index in [2.05, 4.69) is 0 Å². The van der Waals surface area contributed by atoms with Crippen LogP contribution in [-0.4, -0.2) is 93.2 Å². The summed E-state index contributed by atoms with van der Waals surface area (Å²) in [6, 6.07) is -1.22. The summed E-state index contributed by atoms with van der Waals surface area (Å²) in [5, 5.41) is 44.7. The first-order valence-corrected chi connectivity index (χ1v) is 13.1. The Balaban J connectivity index is 0.00000155. The van der Waals surface area contributed by atoms with E-state index in [0.717, 1.165) is 0 Å². The Morgan fingerprint density at radius 1 is 1.17 bits per heavy atom. The van der Waals surface area contributed by atoms with Crippen molar-refractivity contribution >= 4 is 35.1 Å². The normalized spacial score (nSPS) is 25.1. The summed E-state index contributed by atoms with van der Waals surface area (Å²) >= 11 is 0. The van der Waals surface area contributed by atoms with Crippen LogP contribution in [0.25, 0.3) is 5.76 Å². The van der Waals surface area contributed by atoms with Gasteiger partial charge in [0.1, 0.15) is 28.7 Å². The maximum absolute atomic E-state index is 16.0. The van der Waals surface area contributed by atoms with E-state index in [1.54, 1.807) is 7.05 Å². The first-order chi connectivity index (χ1) is 19.5. The number of nitrogens with zero attached hydrogens (tertiary/aromatic N) is 2. The molecular weight excluding hydrogens is 555 g/mol. The molecule has 8 N–H and O–H groups in total. The van der Waals surface area contributed by atoms with Crippen molar-refractivity contribution in [3.05, 3.63) is 39.4 Å². The second-order valence-electron chi connectivity index (χ2n) is 11.5. The average Bonchev–Trinajstić information content (AvgIpc) is 2.87. The van der Waals surface area contributed by atoms with Crippen LogP contribution >= 0.6 is 0 Å². The molecule has 0 saturated heterocycles. The van der Waals surface area contributed by atoms with Crippen molar-refractivity contribution in [1.82, 2.24) is 9.80 Å². The summed E-state index contributed by atoms with van der Waals surface area (Å²) in [5.41, 5.74) is 6.75. The first kappa shape index (κ1) is 32.4. The number of fused-ring (bicyclic) bond motifs is 3. The molecule has 0 radical (unpaired) electrons. The molecule has 0 aliphatic heterocycles. The van der Waals surface area contributed by atoms with Gasteiger partial charge in [-0.2, -0.15) is 9.59 Å². The largest absolute Gasteiger partial charge is 0.508 e. The first-order valence-electron chi connectivity index (χ1n) is 13.1. The highest BCUT2D eigenvalue weighted by atomic mass is 19.1. The van der Waals surface area contributed by atoms with Gasteiger partial charge in [-0.1, -0.05) is 13.8 Å². The second kappa shape index (κ2) is 11.6. The molecule has 0 heterocycles. The van der Waals surface area contributed by atoms with E-state index in [0.29, 0.717) is 6.54 Å². The van der Waals surface area contributed by atoms with E-state index in [1.165, 1.54) is 19.0 Å². The number of Topliss-reactive ketones (excluding diaryl/α,β-unsaturated/α-hetero) is 2. The number of likely N-dealkylation sites (N-methyl/N-ethyl adjacent to an activating group) is 1. The Morgan fingerprint density at radius 3 is 2.24 bits per heavy atom. The SMILES string of the molecule is CC(C)CN(C)Cc1c(N)c(O)c2c(c1F)C[C@H]1C[C@H]3[C@H](N(C)C)C(=O)C(C(N)=O)=C(O)[C@@]3(O)C(=O)C1=C2O.O=C=O. The van der Waals surface area contributed by atoms with Gasteiger partial charge in [-0.15, -0.1) is 0 Å². The number of benzene rings is 1. The van der Waals surface area contributed by atoms with Gasteiger partial charge in [0.2, 0.25) is 5.78 Å². The van der Waals surface area contributed by atoms with Crippen molar-refractivity contribution in [1.29, 1.82) is 0 Å². The number of phenols is 1. The number of amides is 1. The molecule has 0 aromatic heterocycles. The summed E-state index contributed by atoms with van der Waals surface area (Å²) in [6.45, 7) is 4.73. The molecule has 3 aliphatic rings. The number of ketones is 2. The number of hydrogen-bond donors (Lipinski definition) is 6. The number of nitrogens with two attached hydrogens (primary N) is 2. The Bertz CT molecular complexity index is 1450. The third-order valence-corrected chi connectivity index (χ3v) is 8.07. The molecule has 3 aliphatic carbocycles. The third kappa shape index (κ3) is 4.96. The number of phenolic OH excluding ortho intramolecular Hbond substituents is 1. The molecule has 228 valence electrons. The maximum Gasteiger partial charge on any atom is 0.373 e. The number of anilines is 1. The molecule has 0 unspecified atom stereocenters. The van der Waals surface area contributed by atoms with Crippen molar-refractivity contribution in [2.24, 2.45) is 23.5 Å². The monoisotopic (exact) mass is 590 g/mol. The second-order valence-corrected chi connectivity index (χ2v) is 11.5. The smallest absolute Gasteiger partial charge is 0.373 e. The zero-order valence-electron chi connectivity index (χ0n) is 23.9. The number of carbonyl (C=O) groups is 3.